The predicted molar refractivity (Wildman–Crippen MR) is 104 cm³/mol. The standard InChI is InChI=1S/C22H22FN3O/c1-16(17-11-13-19(23)14-12-17)25-22(27)26(2)21(18-8-4-3-5-9-18)20-10-6-7-15-24-20/h3-16,21H,1-2H3,(H,25,27)/t16-,21+/m0/s1. The first-order valence-corrected chi connectivity index (χ1v) is 8.81. The minimum atomic E-state index is -0.312. The highest BCUT2D eigenvalue weighted by molar-refractivity contribution is 5.75. The maximum absolute atomic E-state index is 13.1. The van der Waals surface area contributed by atoms with E-state index < -0.39 is 0 Å². The van der Waals surface area contributed by atoms with E-state index in [-0.39, 0.29) is 23.9 Å². The highest BCUT2D eigenvalue weighted by atomic mass is 19.1. The number of nitrogens with one attached hydrogen (secondary N) is 1. The molecule has 1 heterocycles. The Morgan fingerprint density at radius 3 is 2.26 bits per heavy atom. The quantitative estimate of drug-likeness (QED) is 0.713. The first-order chi connectivity index (χ1) is 13.1. The molecule has 3 aromatic rings. The molecule has 2 atom stereocenters. The Morgan fingerprint density at radius 2 is 1.63 bits per heavy atom. The Bertz CT molecular complexity index is 830. The Labute approximate surface area is 158 Å². The van der Waals surface area contributed by atoms with Crippen molar-refractivity contribution in [2.45, 2.75) is 19.0 Å². The molecule has 2 amide bonds. The van der Waals surface area contributed by atoms with Crippen molar-refractivity contribution in [2.24, 2.45) is 0 Å². The first-order valence-electron chi connectivity index (χ1n) is 8.81. The number of halogens is 1. The highest BCUT2D eigenvalue weighted by Crippen LogP contribution is 2.26. The molecule has 0 aliphatic carbocycles. The molecule has 0 unspecified atom stereocenters. The zero-order chi connectivity index (χ0) is 19.2. The molecular weight excluding hydrogens is 341 g/mol. The van der Waals surface area contributed by atoms with Crippen LogP contribution in [-0.2, 0) is 0 Å². The summed E-state index contributed by atoms with van der Waals surface area (Å²) in [7, 11) is 1.75. The Balaban J connectivity index is 1.82. The van der Waals surface area contributed by atoms with Crippen molar-refractivity contribution < 1.29 is 9.18 Å². The fourth-order valence-corrected chi connectivity index (χ4v) is 3.00. The van der Waals surface area contributed by atoms with Gasteiger partial charge in [-0.1, -0.05) is 48.5 Å². The summed E-state index contributed by atoms with van der Waals surface area (Å²) in [6.45, 7) is 1.87. The molecule has 1 aromatic heterocycles. The molecule has 0 spiro atoms. The lowest BCUT2D eigenvalue weighted by molar-refractivity contribution is 0.194. The van der Waals surface area contributed by atoms with E-state index in [1.54, 1.807) is 30.3 Å². The lowest BCUT2D eigenvalue weighted by Gasteiger charge is -2.29. The molecule has 0 bridgehead atoms. The number of amides is 2. The van der Waals surface area contributed by atoms with E-state index in [4.69, 9.17) is 0 Å². The second-order valence-electron chi connectivity index (χ2n) is 6.40. The van der Waals surface area contributed by atoms with Gasteiger partial charge in [-0.05, 0) is 42.3 Å². The monoisotopic (exact) mass is 363 g/mol. The van der Waals surface area contributed by atoms with Crippen molar-refractivity contribution in [3.05, 3.63) is 102 Å². The second-order valence-corrected chi connectivity index (χ2v) is 6.40. The molecule has 27 heavy (non-hydrogen) atoms. The van der Waals surface area contributed by atoms with Crippen LogP contribution in [-0.4, -0.2) is 23.0 Å². The molecule has 0 saturated heterocycles. The van der Waals surface area contributed by atoms with Gasteiger partial charge in [-0.15, -0.1) is 0 Å². The number of carbonyl (C=O) groups is 1. The van der Waals surface area contributed by atoms with Crippen LogP contribution in [0.1, 0.15) is 35.8 Å². The third kappa shape index (κ3) is 4.50. The molecule has 4 nitrogen and oxygen atoms in total. The summed E-state index contributed by atoms with van der Waals surface area (Å²) in [5.74, 6) is -0.298. The lowest BCUT2D eigenvalue weighted by atomic mass is 10.0. The van der Waals surface area contributed by atoms with Crippen LogP contribution in [0.25, 0.3) is 0 Å². The van der Waals surface area contributed by atoms with Gasteiger partial charge in [0, 0.05) is 13.2 Å². The highest BCUT2D eigenvalue weighted by Gasteiger charge is 2.25. The van der Waals surface area contributed by atoms with Gasteiger partial charge >= 0.3 is 6.03 Å². The number of urea groups is 1. The summed E-state index contributed by atoms with van der Waals surface area (Å²) in [5, 5.41) is 2.97. The fourth-order valence-electron chi connectivity index (χ4n) is 3.00. The second kappa shape index (κ2) is 8.45. The summed E-state index contributed by atoms with van der Waals surface area (Å²) in [4.78, 5) is 19.0. The third-order valence-corrected chi connectivity index (χ3v) is 4.50. The number of benzene rings is 2. The van der Waals surface area contributed by atoms with Crippen molar-refractivity contribution in [2.75, 3.05) is 7.05 Å². The number of rotatable bonds is 5. The van der Waals surface area contributed by atoms with E-state index in [1.165, 1.54) is 12.1 Å². The molecule has 5 heteroatoms. The molecule has 0 fully saturated rings. The maximum Gasteiger partial charge on any atom is 0.318 e. The average Bonchev–Trinajstić information content (AvgIpc) is 2.70. The molecule has 2 aromatic carbocycles. The van der Waals surface area contributed by atoms with Crippen molar-refractivity contribution in [1.29, 1.82) is 0 Å². The van der Waals surface area contributed by atoms with Gasteiger partial charge in [0.05, 0.1) is 11.7 Å². The Kier molecular flexibility index (Phi) is 5.81. The van der Waals surface area contributed by atoms with Gasteiger partial charge in [0.25, 0.3) is 0 Å². The van der Waals surface area contributed by atoms with Crippen LogP contribution < -0.4 is 5.32 Å². The van der Waals surface area contributed by atoms with Gasteiger partial charge in [-0.2, -0.15) is 0 Å². The SMILES string of the molecule is C[C@H](NC(=O)N(C)[C@H](c1ccccc1)c1ccccn1)c1ccc(F)cc1. The van der Waals surface area contributed by atoms with Crippen LogP contribution in [0.3, 0.4) is 0 Å². The topological polar surface area (TPSA) is 45.2 Å². The molecule has 3 rings (SSSR count). The Hall–Kier alpha value is -3.21. The number of hydrogen-bond donors (Lipinski definition) is 1. The number of carbonyl (C=O) groups excluding carboxylic acids is 1. The van der Waals surface area contributed by atoms with Crippen molar-refractivity contribution in [3.63, 3.8) is 0 Å². The smallest absolute Gasteiger partial charge is 0.318 e. The van der Waals surface area contributed by atoms with Crippen molar-refractivity contribution in [3.8, 4) is 0 Å². The molecule has 1 N–H and O–H groups in total. The normalized spacial score (nSPS) is 12.9. The molecule has 0 saturated carbocycles. The summed E-state index contributed by atoms with van der Waals surface area (Å²) in [6.07, 6.45) is 1.72. The van der Waals surface area contributed by atoms with Gasteiger partial charge in [0.2, 0.25) is 0 Å². The number of aromatic nitrogens is 1. The van der Waals surface area contributed by atoms with Crippen LogP contribution in [0.15, 0.2) is 79.0 Å². The predicted octanol–water partition coefficient (Wildman–Crippen LogP) is 4.71. The van der Waals surface area contributed by atoms with E-state index in [9.17, 15) is 9.18 Å². The van der Waals surface area contributed by atoms with Crippen LogP contribution in [0, 0.1) is 5.82 Å². The summed E-state index contributed by atoms with van der Waals surface area (Å²) in [5.41, 5.74) is 2.60. The van der Waals surface area contributed by atoms with Crippen LogP contribution >= 0.6 is 0 Å². The van der Waals surface area contributed by atoms with Gasteiger partial charge in [0.15, 0.2) is 0 Å². The van der Waals surface area contributed by atoms with Gasteiger partial charge < -0.3 is 10.2 Å². The lowest BCUT2D eigenvalue weighted by Crippen LogP contribution is -2.41. The van der Waals surface area contributed by atoms with Gasteiger partial charge in [-0.3, -0.25) is 4.98 Å². The molecule has 0 aliphatic heterocycles. The van der Waals surface area contributed by atoms with E-state index in [0.29, 0.717) is 0 Å². The minimum Gasteiger partial charge on any atom is -0.331 e. The van der Waals surface area contributed by atoms with Gasteiger partial charge in [-0.25, -0.2) is 9.18 Å². The van der Waals surface area contributed by atoms with Gasteiger partial charge in [0.1, 0.15) is 11.9 Å². The molecule has 0 radical (unpaired) electrons. The zero-order valence-corrected chi connectivity index (χ0v) is 15.3. The summed E-state index contributed by atoms with van der Waals surface area (Å²) >= 11 is 0. The van der Waals surface area contributed by atoms with Crippen LogP contribution in [0.2, 0.25) is 0 Å². The van der Waals surface area contributed by atoms with E-state index in [2.05, 4.69) is 10.3 Å². The molecular formula is C22H22FN3O. The van der Waals surface area contributed by atoms with Crippen LogP contribution in [0.5, 0.6) is 0 Å². The average molecular weight is 363 g/mol. The summed E-state index contributed by atoms with van der Waals surface area (Å²) < 4.78 is 13.1. The maximum atomic E-state index is 13.1. The van der Waals surface area contributed by atoms with E-state index in [1.807, 2.05) is 55.5 Å². The van der Waals surface area contributed by atoms with Crippen LogP contribution in [0.4, 0.5) is 9.18 Å². The third-order valence-electron chi connectivity index (χ3n) is 4.50. The number of pyridine rings is 1. The van der Waals surface area contributed by atoms with E-state index in [0.717, 1.165) is 16.8 Å². The Morgan fingerprint density at radius 1 is 0.963 bits per heavy atom. The molecule has 138 valence electrons. The minimum absolute atomic E-state index is 0.230. The fraction of sp³-hybridized carbons (Fsp3) is 0.182. The zero-order valence-electron chi connectivity index (χ0n) is 15.3. The van der Waals surface area contributed by atoms with Crippen molar-refractivity contribution in [1.82, 2.24) is 15.2 Å². The van der Waals surface area contributed by atoms with Crippen molar-refractivity contribution >= 4 is 6.03 Å². The number of hydrogen-bond acceptors (Lipinski definition) is 2. The number of nitrogens with zero attached hydrogens (tertiary/aromatic N) is 2. The first kappa shape index (κ1) is 18.6. The van der Waals surface area contributed by atoms with E-state index >= 15 is 0 Å². The largest absolute Gasteiger partial charge is 0.331 e. The molecule has 0 aliphatic rings. The summed E-state index contributed by atoms with van der Waals surface area (Å²) in [6, 6.07) is 20.8.